The minimum Gasteiger partial charge on any atom is -0.463 e. The smallest absolute Gasteiger partial charge is 0.254 e. The quantitative estimate of drug-likeness (QED) is 0.724. The molecule has 0 aliphatic carbocycles. The predicted molar refractivity (Wildman–Crippen MR) is 102 cm³/mol. The normalized spacial score (nSPS) is 16.1. The maximum atomic E-state index is 13.3. The molecule has 0 unspecified atom stereocenters. The largest absolute Gasteiger partial charge is 0.463 e. The number of amides is 1. The second-order valence-electron chi connectivity index (χ2n) is 7.00. The van der Waals surface area contributed by atoms with Crippen molar-refractivity contribution in [3.63, 3.8) is 0 Å². The van der Waals surface area contributed by atoms with E-state index in [0.717, 1.165) is 36.8 Å². The lowest BCUT2D eigenvalue weighted by Crippen LogP contribution is -2.44. The van der Waals surface area contributed by atoms with Crippen molar-refractivity contribution in [3.05, 3.63) is 54.3 Å². The van der Waals surface area contributed by atoms with E-state index < -0.39 is 0 Å². The average molecular weight is 349 g/mol. The van der Waals surface area contributed by atoms with Gasteiger partial charge in [0.05, 0.1) is 17.3 Å². The fourth-order valence-electron chi connectivity index (χ4n) is 3.64. The molecule has 5 nitrogen and oxygen atoms in total. The van der Waals surface area contributed by atoms with Gasteiger partial charge in [-0.2, -0.15) is 0 Å². The lowest BCUT2D eigenvalue weighted by atomic mass is 10.0. The molecule has 0 atom stereocenters. The highest BCUT2D eigenvalue weighted by molar-refractivity contribution is 6.07. The number of carbonyl (C=O) groups is 1. The molecule has 1 amide bonds. The van der Waals surface area contributed by atoms with Crippen molar-refractivity contribution in [2.45, 2.75) is 18.9 Å². The van der Waals surface area contributed by atoms with Crippen LogP contribution in [0.4, 0.5) is 0 Å². The van der Waals surface area contributed by atoms with Crippen LogP contribution in [0.5, 0.6) is 0 Å². The Hall–Kier alpha value is -2.66. The zero-order valence-electron chi connectivity index (χ0n) is 15.2. The van der Waals surface area contributed by atoms with E-state index in [9.17, 15) is 4.79 Å². The molecule has 1 aromatic carbocycles. The molecule has 4 rings (SSSR count). The van der Waals surface area contributed by atoms with Gasteiger partial charge < -0.3 is 14.2 Å². The number of furan rings is 1. The Morgan fingerprint density at radius 3 is 2.69 bits per heavy atom. The van der Waals surface area contributed by atoms with E-state index in [-0.39, 0.29) is 11.9 Å². The van der Waals surface area contributed by atoms with Gasteiger partial charge in [0.25, 0.3) is 5.91 Å². The van der Waals surface area contributed by atoms with Crippen LogP contribution in [0, 0.1) is 0 Å². The monoisotopic (exact) mass is 349 g/mol. The molecule has 0 bridgehead atoms. The fraction of sp³-hybridized carbons (Fsp3) is 0.333. The second-order valence-corrected chi connectivity index (χ2v) is 7.00. The maximum absolute atomic E-state index is 13.3. The molecule has 0 N–H and O–H groups in total. The van der Waals surface area contributed by atoms with Crippen LogP contribution in [0.25, 0.3) is 22.4 Å². The Morgan fingerprint density at radius 1 is 1.19 bits per heavy atom. The Balaban J connectivity index is 1.73. The van der Waals surface area contributed by atoms with Crippen LogP contribution in [0.15, 0.2) is 53.1 Å². The van der Waals surface area contributed by atoms with Crippen LogP contribution in [-0.2, 0) is 0 Å². The first-order valence-corrected chi connectivity index (χ1v) is 9.03. The summed E-state index contributed by atoms with van der Waals surface area (Å²) in [6, 6.07) is 13.6. The SMILES string of the molecule is CN1CCC(N(C)C(=O)c2cc(-c3ccco3)nc3ccccc23)CC1. The van der Waals surface area contributed by atoms with E-state index in [1.54, 1.807) is 6.26 Å². The first-order valence-electron chi connectivity index (χ1n) is 9.03. The van der Waals surface area contributed by atoms with Crippen molar-refractivity contribution >= 4 is 16.8 Å². The van der Waals surface area contributed by atoms with Crippen LogP contribution in [0.2, 0.25) is 0 Å². The summed E-state index contributed by atoms with van der Waals surface area (Å²) in [4.78, 5) is 22.2. The molecule has 1 aliphatic rings. The van der Waals surface area contributed by atoms with Gasteiger partial charge in [-0.05, 0) is 57.2 Å². The molecule has 3 heterocycles. The van der Waals surface area contributed by atoms with Crippen LogP contribution in [0.1, 0.15) is 23.2 Å². The third-order valence-electron chi connectivity index (χ3n) is 5.28. The highest BCUT2D eigenvalue weighted by Gasteiger charge is 2.26. The molecule has 0 spiro atoms. The van der Waals surface area contributed by atoms with E-state index in [0.29, 0.717) is 17.0 Å². The van der Waals surface area contributed by atoms with E-state index in [2.05, 4.69) is 16.9 Å². The number of nitrogens with zero attached hydrogens (tertiary/aromatic N) is 3. The molecule has 5 heteroatoms. The van der Waals surface area contributed by atoms with E-state index in [1.807, 2.05) is 54.4 Å². The summed E-state index contributed by atoms with van der Waals surface area (Å²) in [7, 11) is 4.05. The Bertz CT molecular complexity index is 912. The lowest BCUT2D eigenvalue weighted by molar-refractivity contribution is 0.0661. The van der Waals surface area contributed by atoms with Crippen molar-refractivity contribution in [2.75, 3.05) is 27.2 Å². The summed E-state index contributed by atoms with van der Waals surface area (Å²) in [5.74, 6) is 0.720. The lowest BCUT2D eigenvalue weighted by Gasteiger charge is -2.35. The third kappa shape index (κ3) is 3.10. The second kappa shape index (κ2) is 6.92. The molecule has 26 heavy (non-hydrogen) atoms. The van der Waals surface area contributed by atoms with Gasteiger partial charge in [0.1, 0.15) is 5.69 Å². The van der Waals surface area contributed by atoms with Crippen molar-refractivity contribution < 1.29 is 9.21 Å². The van der Waals surface area contributed by atoms with Crippen LogP contribution in [0.3, 0.4) is 0 Å². The van der Waals surface area contributed by atoms with Crippen LogP contribution >= 0.6 is 0 Å². The number of hydrogen-bond donors (Lipinski definition) is 0. The molecule has 1 fully saturated rings. The zero-order valence-corrected chi connectivity index (χ0v) is 15.2. The maximum Gasteiger partial charge on any atom is 0.254 e. The standard InChI is InChI=1S/C21H23N3O2/c1-23-11-9-15(10-12-23)24(2)21(25)17-14-19(20-8-5-13-26-20)22-18-7-4-3-6-16(17)18/h3-8,13-15H,9-12H2,1-2H3. The number of para-hydroxylation sites is 1. The summed E-state index contributed by atoms with van der Waals surface area (Å²) in [5.41, 5.74) is 2.18. The predicted octanol–water partition coefficient (Wildman–Crippen LogP) is 3.66. The van der Waals surface area contributed by atoms with E-state index in [1.165, 1.54) is 0 Å². The molecule has 0 radical (unpaired) electrons. The molecule has 134 valence electrons. The highest BCUT2D eigenvalue weighted by atomic mass is 16.3. The average Bonchev–Trinajstić information content (AvgIpc) is 3.21. The minimum atomic E-state index is 0.0472. The molecule has 2 aromatic heterocycles. The summed E-state index contributed by atoms with van der Waals surface area (Å²) in [5, 5.41) is 0.882. The number of hydrogen-bond acceptors (Lipinski definition) is 4. The van der Waals surface area contributed by atoms with Gasteiger partial charge in [-0.3, -0.25) is 4.79 Å². The Labute approximate surface area is 153 Å². The number of piperidine rings is 1. The van der Waals surface area contributed by atoms with Gasteiger partial charge in [0.2, 0.25) is 0 Å². The molecular weight excluding hydrogens is 326 g/mol. The third-order valence-corrected chi connectivity index (χ3v) is 5.28. The molecule has 1 saturated heterocycles. The van der Waals surface area contributed by atoms with E-state index >= 15 is 0 Å². The molecule has 3 aromatic rings. The minimum absolute atomic E-state index is 0.0472. The van der Waals surface area contributed by atoms with E-state index in [4.69, 9.17) is 4.42 Å². The number of fused-ring (bicyclic) bond motifs is 1. The van der Waals surface area contributed by atoms with Crippen molar-refractivity contribution in [3.8, 4) is 11.5 Å². The first-order chi connectivity index (χ1) is 12.6. The van der Waals surface area contributed by atoms with Gasteiger partial charge in [-0.25, -0.2) is 4.98 Å². The summed E-state index contributed by atoms with van der Waals surface area (Å²) in [6.45, 7) is 2.05. The number of carbonyl (C=O) groups excluding carboxylic acids is 1. The van der Waals surface area contributed by atoms with Crippen molar-refractivity contribution in [1.29, 1.82) is 0 Å². The van der Waals surface area contributed by atoms with Gasteiger partial charge in [0.15, 0.2) is 5.76 Å². The van der Waals surface area contributed by atoms with Gasteiger partial charge in [-0.15, -0.1) is 0 Å². The Kier molecular flexibility index (Phi) is 4.47. The van der Waals surface area contributed by atoms with Crippen LogP contribution in [-0.4, -0.2) is 53.9 Å². The van der Waals surface area contributed by atoms with Gasteiger partial charge >= 0.3 is 0 Å². The Morgan fingerprint density at radius 2 is 1.96 bits per heavy atom. The molecular formula is C21H23N3O2. The van der Waals surface area contributed by atoms with Gasteiger partial charge in [-0.1, -0.05) is 18.2 Å². The van der Waals surface area contributed by atoms with Crippen molar-refractivity contribution in [2.24, 2.45) is 0 Å². The summed E-state index contributed by atoms with van der Waals surface area (Å²) >= 11 is 0. The highest BCUT2D eigenvalue weighted by Crippen LogP contribution is 2.27. The first kappa shape index (κ1) is 16.8. The number of rotatable bonds is 3. The summed E-state index contributed by atoms with van der Waals surface area (Å²) in [6.07, 6.45) is 3.64. The number of aromatic nitrogens is 1. The van der Waals surface area contributed by atoms with Gasteiger partial charge in [0, 0.05) is 18.5 Å². The topological polar surface area (TPSA) is 49.6 Å². The number of likely N-dealkylation sites (tertiary alicyclic amines) is 1. The molecule has 0 saturated carbocycles. The summed E-state index contributed by atoms with van der Waals surface area (Å²) < 4.78 is 5.50. The molecule has 1 aliphatic heterocycles. The number of pyridine rings is 1. The zero-order chi connectivity index (χ0) is 18.1. The van der Waals surface area contributed by atoms with Crippen molar-refractivity contribution in [1.82, 2.24) is 14.8 Å². The van der Waals surface area contributed by atoms with Crippen LogP contribution < -0.4 is 0 Å². The fourth-order valence-corrected chi connectivity index (χ4v) is 3.64. The number of benzene rings is 1.